The number of rotatable bonds is 9. The molecule has 13 rings (SSSR count). The lowest BCUT2D eigenvalue weighted by molar-refractivity contribution is 0.768. The molecule has 2 heteroatoms. The van der Waals surface area contributed by atoms with Gasteiger partial charge in [0, 0.05) is 16.7 Å². The van der Waals surface area contributed by atoms with E-state index in [1.165, 1.54) is 55.6 Å². The first-order valence-electron chi connectivity index (χ1n) is 24.4. The average Bonchev–Trinajstić information content (AvgIpc) is 3.76. The van der Waals surface area contributed by atoms with Crippen molar-refractivity contribution in [3.8, 4) is 89.5 Å². The molecule has 0 atom stereocenters. The van der Waals surface area contributed by atoms with Crippen LogP contribution >= 0.6 is 0 Å². The van der Waals surface area contributed by atoms with Crippen molar-refractivity contribution >= 4 is 10.8 Å². The van der Waals surface area contributed by atoms with Crippen molar-refractivity contribution in [1.82, 2.24) is 9.97 Å². The lowest BCUT2D eigenvalue weighted by atomic mass is 9.67. The molecule has 1 aliphatic rings. The first-order chi connectivity index (χ1) is 35.2. The van der Waals surface area contributed by atoms with Crippen molar-refractivity contribution in [3.63, 3.8) is 0 Å². The number of benzene rings is 11. The fourth-order valence-electron chi connectivity index (χ4n) is 11.1. The first-order valence-corrected chi connectivity index (χ1v) is 24.4. The second-order valence-corrected chi connectivity index (χ2v) is 18.4. The van der Waals surface area contributed by atoms with Gasteiger partial charge in [-0.3, -0.25) is 0 Å². The van der Waals surface area contributed by atoms with Gasteiger partial charge in [0.1, 0.15) is 0 Å². The van der Waals surface area contributed by atoms with E-state index in [2.05, 4.69) is 261 Å². The van der Waals surface area contributed by atoms with Crippen LogP contribution in [0, 0.1) is 0 Å². The Bertz CT molecular complexity index is 3860. The average molecular weight is 903 g/mol. The third-order valence-corrected chi connectivity index (χ3v) is 14.4. The van der Waals surface area contributed by atoms with Crippen LogP contribution in [0.2, 0.25) is 0 Å². The Morgan fingerprint density at radius 2 is 0.676 bits per heavy atom. The zero-order chi connectivity index (χ0) is 47.1. The van der Waals surface area contributed by atoms with E-state index in [0.29, 0.717) is 5.82 Å². The Morgan fingerprint density at radius 3 is 1.35 bits per heavy atom. The molecule has 0 unspecified atom stereocenters. The molecular formula is C69H46N2. The molecule has 0 N–H and O–H groups in total. The maximum Gasteiger partial charge on any atom is 0.160 e. The van der Waals surface area contributed by atoms with Crippen molar-refractivity contribution in [2.75, 3.05) is 0 Å². The van der Waals surface area contributed by atoms with Crippen LogP contribution in [0.3, 0.4) is 0 Å². The van der Waals surface area contributed by atoms with Gasteiger partial charge in [0.25, 0.3) is 0 Å². The lowest BCUT2D eigenvalue weighted by Crippen LogP contribution is -2.28. The van der Waals surface area contributed by atoms with Crippen LogP contribution in [0.25, 0.3) is 100 Å². The minimum Gasteiger partial charge on any atom is -0.228 e. The molecule has 0 fully saturated rings. The van der Waals surface area contributed by atoms with E-state index < -0.39 is 5.41 Å². The van der Waals surface area contributed by atoms with E-state index in [4.69, 9.17) is 9.97 Å². The second kappa shape index (κ2) is 17.7. The molecule has 1 aliphatic carbocycles. The molecule has 11 aromatic carbocycles. The zero-order valence-electron chi connectivity index (χ0n) is 39.0. The minimum atomic E-state index is -0.455. The number of nitrogens with zero attached hydrogens (tertiary/aromatic N) is 2. The Morgan fingerprint density at radius 1 is 0.225 bits per heavy atom. The summed E-state index contributed by atoms with van der Waals surface area (Å²) in [4.78, 5) is 10.5. The summed E-state index contributed by atoms with van der Waals surface area (Å²) in [6.45, 7) is 0. The Hall–Kier alpha value is -9.24. The lowest BCUT2D eigenvalue weighted by Gasteiger charge is -2.33. The van der Waals surface area contributed by atoms with Gasteiger partial charge in [0.15, 0.2) is 5.82 Å². The molecule has 0 aliphatic heterocycles. The van der Waals surface area contributed by atoms with Gasteiger partial charge >= 0.3 is 0 Å². The summed E-state index contributed by atoms with van der Waals surface area (Å²) in [5.74, 6) is 0.693. The van der Waals surface area contributed by atoms with Gasteiger partial charge in [0.2, 0.25) is 0 Å². The summed E-state index contributed by atoms with van der Waals surface area (Å²) in [6, 6.07) is 101. The molecule has 0 radical (unpaired) electrons. The Labute approximate surface area is 414 Å². The predicted octanol–water partition coefficient (Wildman–Crippen LogP) is 17.7. The molecule has 0 bridgehead atoms. The number of aromatic nitrogens is 2. The quantitative estimate of drug-likeness (QED) is 0.144. The molecule has 1 aromatic heterocycles. The summed E-state index contributed by atoms with van der Waals surface area (Å²) in [5, 5.41) is 2.29. The van der Waals surface area contributed by atoms with Crippen LogP contribution in [0.4, 0.5) is 0 Å². The summed E-state index contributed by atoms with van der Waals surface area (Å²) in [7, 11) is 0. The highest BCUT2D eigenvalue weighted by Gasteiger charge is 2.46. The van der Waals surface area contributed by atoms with Gasteiger partial charge in [0.05, 0.1) is 16.8 Å². The normalized spacial score (nSPS) is 12.3. The van der Waals surface area contributed by atoms with Crippen molar-refractivity contribution in [3.05, 3.63) is 301 Å². The molecule has 332 valence electrons. The Balaban J connectivity index is 0.975. The van der Waals surface area contributed by atoms with E-state index in [0.717, 1.165) is 61.1 Å². The first kappa shape index (κ1) is 41.9. The zero-order valence-corrected chi connectivity index (χ0v) is 39.0. The van der Waals surface area contributed by atoms with Gasteiger partial charge in [-0.1, -0.05) is 243 Å². The van der Waals surface area contributed by atoms with Crippen LogP contribution in [-0.2, 0) is 5.41 Å². The molecular weight excluding hydrogens is 857 g/mol. The van der Waals surface area contributed by atoms with E-state index in [1.807, 2.05) is 18.2 Å². The molecule has 12 aromatic rings. The number of hydrogen-bond donors (Lipinski definition) is 0. The van der Waals surface area contributed by atoms with Crippen LogP contribution in [0.1, 0.15) is 22.3 Å². The maximum absolute atomic E-state index is 5.32. The van der Waals surface area contributed by atoms with Crippen molar-refractivity contribution < 1.29 is 0 Å². The third-order valence-electron chi connectivity index (χ3n) is 14.4. The molecule has 1 heterocycles. The summed E-state index contributed by atoms with van der Waals surface area (Å²) >= 11 is 0. The monoisotopic (exact) mass is 902 g/mol. The summed E-state index contributed by atoms with van der Waals surface area (Å²) in [5.41, 5.74) is 21.3. The highest BCUT2D eigenvalue weighted by molar-refractivity contribution is 6.05. The van der Waals surface area contributed by atoms with Crippen LogP contribution in [0.15, 0.2) is 279 Å². The molecule has 2 nitrogen and oxygen atoms in total. The van der Waals surface area contributed by atoms with Crippen LogP contribution in [-0.4, -0.2) is 9.97 Å². The third kappa shape index (κ3) is 7.37. The smallest absolute Gasteiger partial charge is 0.160 e. The van der Waals surface area contributed by atoms with E-state index in [-0.39, 0.29) is 0 Å². The largest absolute Gasteiger partial charge is 0.228 e. The minimum absolute atomic E-state index is 0.455. The summed E-state index contributed by atoms with van der Waals surface area (Å²) in [6.07, 6.45) is 0. The number of hydrogen-bond acceptors (Lipinski definition) is 2. The fraction of sp³-hybridized carbons (Fsp3) is 0.0145. The van der Waals surface area contributed by atoms with Crippen molar-refractivity contribution in [1.29, 1.82) is 0 Å². The molecule has 0 saturated heterocycles. The SMILES string of the molecule is c1ccc(-c2cccc(-c3cc(-c4ccc(-c5cc(-c6ccccc6)cc(-c6ccc7c(c6)-c6ccccc6C7(c6ccccc6)c6ccccc6)c5)c5ccccc45)nc(-c4ccccc4)n3)c2)cc1. The topological polar surface area (TPSA) is 25.8 Å². The van der Waals surface area contributed by atoms with Gasteiger partial charge in [-0.25, -0.2) is 9.97 Å². The standard InChI is InChI=1S/C69H46N2/c1-6-21-47(22-7-1)50-27-20-28-52(41-50)66-46-67(71-68(70-66)49-25-10-3-11-26-49)62-39-38-58(59-33-16-17-34-60(59)62)55-43-53(48-23-8-2-9-24-48)42-54(44-55)51-37-40-65-63(45-51)61-35-18-19-36-64(61)69(65,56-29-12-4-13-30-56)57-31-14-5-15-32-57/h1-46H. The number of fused-ring (bicyclic) bond motifs is 4. The fourth-order valence-corrected chi connectivity index (χ4v) is 11.1. The highest BCUT2D eigenvalue weighted by atomic mass is 14.9. The van der Waals surface area contributed by atoms with Gasteiger partial charge in [-0.2, -0.15) is 0 Å². The van der Waals surface area contributed by atoms with Gasteiger partial charge in [-0.15, -0.1) is 0 Å². The van der Waals surface area contributed by atoms with Crippen molar-refractivity contribution in [2.24, 2.45) is 0 Å². The molecule has 0 amide bonds. The highest BCUT2D eigenvalue weighted by Crippen LogP contribution is 2.57. The maximum atomic E-state index is 5.32. The van der Waals surface area contributed by atoms with Crippen LogP contribution in [0.5, 0.6) is 0 Å². The second-order valence-electron chi connectivity index (χ2n) is 18.4. The van der Waals surface area contributed by atoms with E-state index >= 15 is 0 Å². The Kier molecular flexibility index (Phi) is 10.4. The summed E-state index contributed by atoms with van der Waals surface area (Å²) < 4.78 is 0. The molecule has 0 spiro atoms. The van der Waals surface area contributed by atoms with Gasteiger partial charge in [-0.05, 0) is 125 Å². The molecule has 0 saturated carbocycles. The van der Waals surface area contributed by atoms with E-state index in [1.54, 1.807) is 0 Å². The van der Waals surface area contributed by atoms with Crippen LogP contribution < -0.4 is 0 Å². The molecule has 71 heavy (non-hydrogen) atoms. The van der Waals surface area contributed by atoms with E-state index in [9.17, 15) is 0 Å². The predicted molar refractivity (Wildman–Crippen MR) is 295 cm³/mol. The van der Waals surface area contributed by atoms with Gasteiger partial charge < -0.3 is 0 Å². The van der Waals surface area contributed by atoms with Crippen molar-refractivity contribution in [2.45, 2.75) is 5.41 Å².